The summed E-state index contributed by atoms with van der Waals surface area (Å²) in [4.78, 5) is 16.2. The first-order valence-electron chi connectivity index (χ1n) is 6.51. The lowest BCUT2D eigenvalue weighted by atomic mass is 10.2. The van der Waals surface area contributed by atoms with Gasteiger partial charge in [0.05, 0.1) is 12.3 Å². The molecule has 2 rings (SSSR count). The van der Waals surface area contributed by atoms with Crippen LogP contribution in [0, 0.1) is 11.3 Å². The largest absolute Gasteiger partial charge is 0.462 e. The van der Waals surface area contributed by atoms with Crippen LogP contribution >= 0.6 is 22.7 Å². The molecular weight excluding hydrogens is 304 g/mol. The van der Waals surface area contributed by atoms with Crippen molar-refractivity contribution in [1.82, 2.24) is 4.98 Å². The summed E-state index contributed by atoms with van der Waals surface area (Å²) in [5.74, 6) is -0.587. The lowest BCUT2D eigenvalue weighted by Crippen LogP contribution is -2.07. The van der Waals surface area contributed by atoms with E-state index in [0.29, 0.717) is 12.3 Å². The summed E-state index contributed by atoms with van der Waals surface area (Å²) in [5, 5.41) is 15.8. The zero-order valence-electron chi connectivity index (χ0n) is 11.5. The predicted octanol–water partition coefficient (Wildman–Crippen LogP) is 4.12. The number of thiophene rings is 1. The SMILES string of the molecule is CCCCOC(=O)/C(C#N)=C\c1csc(-c2ccsc2)n1. The molecule has 0 bridgehead atoms. The Bertz CT molecular complexity index is 666. The maximum atomic E-state index is 11.8. The van der Waals surface area contributed by atoms with Crippen molar-refractivity contribution in [3.63, 3.8) is 0 Å². The van der Waals surface area contributed by atoms with Crippen LogP contribution in [-0.2, 0) is 9.53 Å². The van der Waals surface area contributed by atoms with Gasteiger partial charge in [0.15, 0.2) is 0 Å². The summed E-state index contributed by atoms with van der Waals surface area (Å²) >= 11 is 3.09. The van der Waals surface area contributed by atoms with E-state index in [2.05, 4.69) is 4.98 Å². The van der Waals surface area contributed by atoms with Crippen LogP contribution in [0.4, 0.5) is 0 Å². The monoisotopic (exact) mass is 318 g/mol. The molecule has 0 amide bonds. The third kappa shape index (κ3) is 4.25. The number of unbranched alkanes of at least 4 members (excludes halogenated alkanes) is 1. The van der Waals surface area contributed by atoms with Gasteiger partial charge in [-0.15, -0.1) is 11.3 Å². The summed E-state index contributed by atoms with van der Waals surface area (Å²) < 4.78 is 5.03. The van der Waals surface area contributed by atoms with E-state index in [9.17, 15) is 4.79 Å². The van der Waals surface area contributed by atoms with E-state index in [-0.39, 0.29) is 5.57 Å². The fourth-order valence-corrected chi connectivity index (χ4v) is 3.03. The molecule has 0 fully saturated rings. The molecule has 0 atom stereocenters. The lowest BCUT2D eigenvalue weighted by molar-refractivity contribution is -0.138. The fraction of sp³-hybridized carbons (Fsp3) is 0.267. The third-order valence-electron chi connectivity index (χ3n) is 2.65. The summed E-state index contributed by atoms with van der Waals surface area (Å²) in [7, 11) is 0. The highest BCUT2D eigenvalue weighted by Crippen LogP contribution is 2.26. The highest BCUT2D eigenvalue weighted by atomic mass is 32.1. The van der Waals surface area contributed by atoms with Crippen molar-refractivity contribution in [2.24, 2.45) is 0 Å². The summed E-state index contributed by atoms with van der Waals surface area (Å²) in [6, 6.07) is 3.86. The number of ether oxygens (including phenoxy) is 1. The number of carbonyl (C=O) groups is 1. The zero-order valence-corrected chi connectivity index (χ0v) is 13.2. The van der Waals surface area contributed by atoms with Crippen molar-refractivity contribution >= 4 is 34.7 Å². The van der Waals surface area contributed by atoms with E-state index in [1.165, 1.54) is 17.4 Å². The number of nitriles is 1. The molecule has 0 unspecified atom stereocenters. The topological polar surface area (TPSA) is 63.0 Å². The van der Waals surface area contributed by atoms with Crippen molar-refractivity contribution in [3.8, 4) is 16.6 Å². The third-order valence-corrected chi connectivity index (χ3v) is 4.25. The Morgan fingerprint density at radius 2 is 2.38 bits per heavy atom. The standard InChI is InChI=1S/C15H14N2O2S2/c1-2-3-5-19-15(18)12(8-16)7-13-10-21-14(17-13)11-4-6-20-9-11/h4,6-7,9-10H,2-3,5H2,1H3/b12-7-. The van der Waals surface area contributed by atoms with Gasteiger partial charge in [-0.25, -0.2) is 9.78 Å². The van der Waals surface area contributed by atoms with Gasteiger partial charge in [0.2, 0.25) is 0 Å². The number of nitrogens with zero attached hydrogens (tertiary/aromatic N) is 2. The minimum Gasteiger partial charge on any atom is -0.462 e. The predicted molar refractivity (Wildman–Crippen MR) is 84.9 cm³/mol. The van der Waals surface area contributed by atoms with Crippen LogP contribution in [-0.4, -0.2) is 17.6 Å². The number of rotatable bonds is 6. The van der Waals surface area contributed by atoms with Gasteiger partial charge in [0.25, 0.3) is 0 Å². The minimum atomic E-state index is -0.587. The van der Waals surface area contributed by atoms with Crippen LogP contribution in [0.25, 0.3) is 16.6 Å². The zero-order chi connectivity index (χ0) is 15.1. The van der Waals surface area contributed by atoms with Crippen LogP contribution in [0.1, 0.15) is 25.5 Å². The molecule has 4 nitrogen and oxygen atoms in total. The molecule has 0 aliphatic heterocycles. The van der Waals surface area contributed by atoms with Gasteiger partial charge in [-0.05, 0) is 23.9 Å². The first-order valence-corrected chi connectivity index (χ1v) is 8.34. The van der Waals surface area contributed by atoms with Crippen LogP contribution in [0.5, 0.6) is 0 Å². The molecule has 108 valence electrons. The van der Waals surface area contributed by atoms with E-state index in [1.54, 1.807) is 11.3 Å². The highest BCUT2D eigenvalue weighted by Gasteiger charge is 2.12. The Labute approximate surface area is 131 Å². The maximum Gasteiger partial charge on any atom is 0.348 e. The second-order valence-corrected chi connectivity index (χ2v) is 5.89. The Kier molecular flexibility index (Phi) is 5.67. The van der Waals surface area contributed by atoms with Crippen LogP contribution in [0.15, 0.2) is 27.8 Å². The average molecular weight is 318 g/mol. The lowest BCUT2D eigenvalue weighted by Gasteiger charge is -2.01. The molecule has 0 saturated heterocycles. The van der Waals surface area contributed by atoms with Crippen molar-refractivity contribution in [2.45, 2.75) is 19.8 Å². The molecule has 2 heterocycles. The van der Waals surface area contributed by atoms with Gasteiger partial charge in [-0.3, -0.25) is 0 Å². The first kappa shape index (κ1) is 15.4. The number of hydrogen-bond acceptors (Lipinski definition) is 6. The summed E-state index contributed by atoms with van der Waals surface area (Å²) in [5.41, 5.74) is 1.63. The molecule has 0 aromatic carbocycles. The van der Waals surface area contributed by atoms with E-state index in [0.717, 1.165) is 23.4 Å². The van der Waals surface area contributed by atoms with E-state index in [1.807, 2.05) is 35.2 Å². The van der Waals surface area contributed by atoms with Crippen LogP contribution in [0.3, 0.4) is 0 Å². The molecule has 0 spiro atoms. The van der Waals surface area contributed by atoms with E-state index < -0.39 is 5.97 Å². The average Bonchev–Trinajstić information content (AvgIpc) is 3.15. The number of thiazole rings is 1. The quantitative estimate of drug-likeness (QED) is 0.348. The molecule has 0 aliphatic carbocycles. The Balaban J connectivity index is 2.10. The number of hydrogen-bond donors (Lipinski definition) is 0. The van der Waals surface area contributed by atoms with Gasteiger partial charge < -0.3 is 4.74 Å². The summed E-state index contributed by atoms with van der Waals surface area (Å²) in [6.45, 7) is 2.35. The number of carbonyl (C=O) groups excluding carboxylic acids is 1. The van der Waals surface area contributed by atoms with Gasteiger partial charge in [0, 0.05) is 16.3 Å². The normalized spacial score (nSPS) is 11.1. The van der Waals surface area contributed by atoms with Crippen molar-refractivity contribution < 1.29 is 9.53 Å². The Morgan fingerprint density at radius 1 is 1.52 bits per heavy atom. The fourth-order valence-electron chi connectivity index (χ4n) is 1.54. The van der Waals surface area contributed by atoms with Gasteiger partial charge in [-0.1, -0.05) is 13.3 Å². The number of aromatic nitrogens is 1. The van der Waals surface area contributed by atoms with Gasteiger partial charge in [0.1, 0.15) is 16.6 Å². The molecule has 0 saturated carbocycles. The van der Waals surface area contributed by atoms with Gasteiger partial charge >= 0.3 is 5.97 Å². The molecule has 2 aromatic heterocycles. The molecule has 6 heteroatoms. The van der Waals surface area contributed by atoms with Crippen molar-refractivity contribution in [3.05, 3.63) is 33.5 Å². The molecule has 2 aromatic rings. The summed E-state index contributed by atoms with van der Waals surface area (Å²) in [6.07, 6.45) is 3.21. The Hall–Kier alpha value is -1.97. The highest BCUT2D eigenvalue weighted by molar-refractivity contribution is 7.14. The first-order chi connectivity index (χ1) is 10.2. The molecule has 0 aliphatic rings. The molecule has 0 radical (unpaired) electrons. The number of esters is 1. The van der Waals surface area contributed by atoms with Crippen molar-refractivity contribution in [2.75, 3.05) is 6.61 Å². The van der Waals surface area contributed by atoms with E-state index >= 15 is 0 Å². The van der Waals surface area contributed by atoms with E-state index in [4.69, 9.17) is 10.00 Å². The van der Waals surface area contributed by atoms with Crippen molar-refractivity contribution in [1.29, 1.82) is 5.26 Å². The minimum absolute atomic E-state index is 0.0201. The molecular formula is C15H14N2O2S2. The van der Waals surface area contributed by atoms with Gasteiger partial charge in [-0.2, -0.15) is 16.6 Å². The van der Waals surface area contributed by atoms with Crippen LogP contribution < -0.4 is 0 Å². The second kappa shape index (κ2) is 7.72. The molecule has 21 heavy (non-hydrogen) atoms. The smallest absolute Gasteiger partial charge is 0.348 e. The second-order valence-electron chi connectivity index (χ2n) is 4.25. The van der Waals surface area contributed by atoms with Crippen LogP contribution in [0.2, 0.25) is 0 Å². The molecule has 0 N–H and O–H groups in total. The Morgan fingerprint density at radius 3 is 3.05 bits per heavy atom. The maximum absolute atomic E-state index is 11.8.